The maximum atomic E-state index is 12.6. The molecule has 1 saturated heterocycles. The number of carbonyl (C=O) groups is 1. The number of nitrogens with zero attached hydrogens (tertiary/aromatic N) is 1. The van der Waals surface area contributed by atoms with Gasteiger partial charge in [-0.25, -0.2) is 0 Å². The van der Waals surface area contributed by atoms with Crippen molar-refractivity contribution in [3.8, 4) is 11.5 Å². The van der Waals surface area contributed by atoms with E-state index in [0.717, 1.165) is 37.2 Å². The van der Waals surface area contributed by atoms with Crippen LogP contribution in [0.2, 0.25) is 0 Å². The van der Waals surface area contributed by atoms with Gasteiger partial charge in [0.1, 0.15) is 0 Å². The quantitative estimate of drug-likeness (QED) is 0.913. The molecule has 4 rings (SSSR count). The number of ether oxygens (including phenoxy) is 2. The van der Waals surface area contributed by atoms with Crippen LogP contribution < -0.4 is 14.8 Å². The second kappa shape index (κ2) is 7.79. The summed E-state index contributed by atoms with van der Waals surface area (Å²) in [7, 11) is 0. The number of nitrogens with one attached hydrogen (secondary N) is 1. The van der Waals surface area contributed by atoms with Crippen molar-refractivity contribution in [1.82, 2.24) is 4.90 Å². The van der Waals surface area contributed by atoms with E-state index in [0.29, 0.717) is 31.5 Å². The van der Waals surface area contributed by atoms with Crippen LogP contribution in [0, 0.1) is 0 Å². The lowest BCUT2D eigenvalue weighted by atomic mass is 10.0. The largest absolute Gasteiger partial charge is 0.490 e. The van der Waals surface area contributed by atoms with Gasteiger partial charge < -0.3 is 14.8 Å². The molecule has 2 aliphatic rings. The van der Waals surface area contributed by atoms with Crippen LogP contribution in [-0.2, 0) is 4.79 Å². The lowest BCUT2D eigenvalue weighted by molar-refractivity contribution is -0.117. The molecular weight excluding hydrogens is 328 g/mol. The van der Waals surface area contributed by atoms with Crippen molar-refractivity contribution >= 4 is 11.6 Å². The standard InChI is InChI=1S/C21H24N2O3/c24-21(15-23-11-4-8-18(23)16-6-2-1-3-7-16)22-17-9-10-19-20(14-17)26-13-5-12-25-19/h1-3,6-7,9-10,14,18H,4-5,8,11-13,15H2,(H,22,24)/t18-/m1/s1. The first-order chi connectivity index (χ1) is 12.8. The van der Waals surface area contributed by atoms with Crippen molar-refractivity contribution in [3.05, 3.63) is 54.1 Å². The zero-order chi connectivity index (χ0) is 17.8. The average molecular weight is 352 g/mol. The molecule has 2 aromatic rings. The predicted octanol–water partition coefficient (Wildman–Crippen LogP) is 3.62. The molecule has 0 aromatic heterocycles. The molecule has 0 saturated carbocycles. The van der Waals surface area contributed by atoms with Crippen LogP contribution in [0.5, 0.6) is 11.5 Å². The second-order valence-electron chi connectivity index (χ2n) is 6.80. The van der Waals surface area contributed by atoms with Gasteiger partial charge in [-0.3, -0.25) is 9.69 Å². The van der Waals surface area contributed by atoms with Gasteiger partial charge in [-0.2, -0.15) is 0 Å². The third-order valence-corrected chi connectivity index (χ3v) is 4.93. The molecule has 136 valence electrons. The zero-order valence-electron chi connectivity index (χ0n) is 14.8. The number of anilines is 1. The Kier molecular flexibility index (Phi) is 5.07. The highest BCUT2D eigenvalue weighted by Gasteiger charge is 2.27. The van der Waals surface area contributed by atoms with E-state index < -0.39 is 0 Å². The van der Waals surface area contributed by atoms with Crippen LogP contribution in [0.1, 0.15) is 30.9 Å². The van der Waals surface area contributed by atoms with Gasteiger partial charge in [0.15, 0.2) is 11.5 Å². The molecule has 2 heterocycles. The number of fused-ring (bicyclic) bond motifs is 1. The molecule has 2 aliphatic heterocycles. The van der Waals surface area contributed by atoms with Crippen molar-refractivity contribution in [1.29, 1.82) is 0 Å². The molecule has 0 spiro atoms. The molecule has 0 radical (unpaired) electrons. The number of hydrogen-bond acceptors (Lipinski definition) is 4. The smallest absolute Gasteiger partial charge is 0.238 e. The number of hydrogen-bond donors (Lipinski definition) is 1. The monoisotopic (exact) mass is 352 g/mol. The van der Waals surface area contributed by atoms with Crippen LogP contribution in [0.15, 0.2) is 48.5 Å². The van der Waals surface area contributed by atoms with E-state index in [-0.39, 0.29) is 5.91 Å². The Balaban J connectivity index is 1.40. The molecule has 1 N–H and O–H groups in total. The Hall–Kier alpha value is -2.53. The van der Waals surface area contributed by atoms with Gasteiger partial charge in [0.2, 0.25) is 5.91 Å². The van der Waals surface area contributed by atoms with E-state index in [9.17, 15) is 4.79 Å². The first kappa shape index (κ1) is 16.9. The summed E-state index contributed by atoms with van der Waals surface area (Å²) in [5.74, 6) is 1.44. The fourth-order valence-electron chi connectivity index (χ4n) is 3.69. The molecule has 26 heavy (non-hydrogen) atoms. The van der Waals surface area contributed by atoms with E-state index >= 15 is 0 Å². The van der Waals surface area contributed by atoms with Crippen LogP contribution >= 0.6 is 0 Å². The fourth-order valence-corrected chi connectivity index (χ4v) is 3.69. The molecule has 5 heteroatoms. The van der Waals surface area contributed by atoms with Gasteiger partial charge in [0.05, 0.1) is 19.8 Å². The Morgan fingerprint density at radius 2 is 1.85 bits per heavy atom. The first-order valence-corrected chi connectivity index (χ1v) is 9.28. The lowest BCUT2D eigenvalue weighted by Gasteiger charge is -2.24. The molecule has 0 unspecified atom stereocenters. The van der Waals surface area contributed by atoms with Gasteiger partial charge >= 0.3 is 0 Å². The van der Waals surface area contributed by atoms with Gasteiger partial charge in [-0.1, -0.05) is 30.3 Å². The first-order valence-electron chi connectivity index (χ1n) is 9.28. The lowest BCUT2D eigenvalue weighted by Crippen LogP contribution is -2.32. The topological polar surface area (TPSA) is 50.8 Å². The molecule has 1 fully saturated rings. The van der Waals surface area contributed by atoms with Crippen LogP contribution in [-0.4, -0.2) is 37.1 Å². The number of likely N-dealkylation sites (tertiary alicyclic amines) is 1. The van der Waals surface area contributed by atoms with Gasteiger partial charge in [-0.05, 0) is 37.1 Å². The number of amides is 1. The second-order valence-corrected chi connectivity index (χ2v) is 6.80. The van der Waals surface area contributed by atoms with Crippen molar-refractivity contribution in [3.63, 3.8) is 0 Å². The molecular formula is C21H24N2O3. The number of benzene rings is 2. The van der Waals surface area contributed by atoms with Crippen molar-refractivity contribution in [2.24, 2.45) is 0 Å². The molecule has 0 bridgehead atoms. The predicted molar refractivity (Wildman–Crippen MR) is 101 cm³/mol. The summed E-state index contributed by atoms with van der Waals surface area (Å²) in [6.07, 6.45) is 3.09. The summed E-state index contributed by atoms with van der Waals surface area (Å²) in [4.78, 5) is 14.8. The van der Waals surface area contributed by atoms with Crippen LogP contribution in [0.3, 0.4) is 0 Å². The van der Waals surface area contributed by atoms with Crippen LogP contribution in [0.25, 0.3) is 0 Å². The Morgan fingerprint density at radius 3 is 2.69 bits per heavy atom. The van der Waals surface area contributed by atoms with E-state index in [1.54, 1.807) is 0 Å². The third-order valence-electron chi connectivity index (χ3n) is 4.93. The van der Waals surface area contributed by atoms with Crippen molar-refractivity contribution < 1.29 is 14.3 Å². The SMILES string of the molecule is O=C(CN1CCC[C@@H]1c1ccccc1)Nc1ccc2c(c1)OCCCO2. The van der Waals surface area contributed by atoms with Gasteiger partial charge in [0, 0.05) is 24.2 Å². The minimum Gasteiger partial charge on any atom is -0.490 e. The summed E-state index contributed by atoms with van der Waals surface area (Å²) >= 11 is 0. The summed E-state index contributed by atoms with van der Waals surface area (Å²) in [5.41, 5.74) is 2.03. The highest BCUT2D eigenvalue weighted by atomic mass is 16.5. The molecule has 2 aromatic carbocycles. The highest BCUT2D eigenvalue weighted by Crippen LogP contribution is 2.33. The van der Waals surface area contributed by atoms with E-state index in [2.05, 4.69) is 34.5 Å². The average Bonchev–Trinajstić information content (AvgIpc) is 2.98. The Labute approximate surface area is 153 Å². The van der Waals surface area contributed by atoms with Gasteiger partial charge in [0.25, 0.3) is 0 Å². The summed E-state index contributed by atoms with van der Waals surface area (Å²) in [5, 5.41) is 3.00. The summed E-state index contributed by atoms with van der Waals surface area (Å²) in [6.45, 7) is 2.65. The molecule has 1 atom stereocenters. The zero-order valence-corrected chi connectivity index (χ0v) is 14.8. The Bertz CT molecular complexity index is 763. The summed E-state index contributed by atoms with van der Waals surface area (Å²) < 4.78 is 11.3. The van der Waals surface area contributed by atoms with Gasteiger partial charge in [-0.15, -0.1) is 0 Å². The minimum absolute atomic E-state index is 0.00215. The third kappa shape index (κ3) is 3.83. The summed E-state index contributed by atoms with van der Waals surface area (Å²) in [6, 6.07) is 16.3. The number of carbonyl (C=O) groups excluding carboxylic acids is 1. The van der Waals surface area contributed by atoms with Crippen molar-refractivity contribution in [2.75, 3.05) is 31.6 Å². The maximum Gasteiger partial charge on any atom is 0.238 e. The maximum absolute atomic E-state index is 12.6. The van der Waals surface area contributed by atoms with E-state index in [4.69, 9.17) is 9.47 Å². The molecule has 0 aliphatic carbocycles. The Morgan fingerprint density at radius 1 is 1.04 bits per heavy atom. The number of rotatable bonds is 4. The van der Waals surface area contributed by atoms with E-state index in [1.807, 2.05) is 24.3 Å². The fraction of sp³-hybridized carbons (Fsp3) is 0.381. The molecule has 1 amide bonds. The van der Waals surface area contributed by atoms with E-state index in [1.165, 1.54) is 5.56 Å². The minimum atomic E-state index is 0.00215. The highest BCUT2D eigenvalue weighted by molar-refractivity contribution is 5.92. The van der Waals surface area contributed by atoms with Crippen LogP contribution in [0.4, 0.5) is 5.69 Å². The van der Waals surface area contributed by atoms with Crippen molar-refractivity contribution in [2.45, 2.75) is 25.3 Å². The normalized spacial score (nSPS) is 19.8. The molecule has 5 nitrogen and oxygen atoms in total.